The molecule has 8 heteroatoms. The molecular formula is C21H22O8. The van der Waals surface area contributed by atoms with Gasteiger partial charge >= 0.3 is 0 Å². The third kappa shape index (κ3) is 3.93. The molecular weight excluding hydrogens is 380 g/mol. The predicted molar refractivity (Wildman–Crippen MR) is 104 cm³/mol. The highest BCUT2D eigenvalue weighted by Gasteiger charge is 2.35. The molecule has 8 nitrogen and oxygen atoms in total. The molecule has 0 bridgehead atoms. The lowest BCUT2D eigenvalue weighted by Gasteiger charge is -2.34. The number of benzene rings is 2. The Balaban J connectivity index is 2.06. The normalized spacial score (nSPS) is 17.8. The minimum atomic E-state index is -0.785. The Labute approximate surface area is 167 Å². The number of allylic oxidation sites excluding steroid dienone is 1. The van der Waals surface area contributed by atoms with E-state index < -0.39 is 12.2 Å². The zero-order chi connectivity index (χ0) is 21.0. The van der Waals surface area contributed by atoms with Crippen LogP contribution in [0.5, 0.6) is 34.5 Å². The number of phenols is 1. The Morgan fingerprint density at radius 3 is 2.28 bits per heavy atom. The van der Waals surface area contributed by atoms with E-state index in [4.69, 9.17) is 23.7 Å². The molecule has 0 unspecified atom stereocenters. The Kier molecular flexibility index (Phi) is 6.13. The molecule has 29 heavy (non-hydrogen) atoms. The van der Waals surface area contributed by atoms with E-state index in [-0.39, 0.29) is 23.9 Å². The van der Waals surface area contributed by atoms with Crippen LogP contribution in [-0.4, -0.2) is 50.5 Å². The van der Waals surface area contributed by atoms with Gasteiger partial charge in [0.1, 0.15) is 6.29 Å². The first-order valence-electron chi connectivity index (χ1n) is 8.79. The molecule has 2 aromatic rings. The summed E-state index contributed by atoms with van der Waals surface area (Å²) in [5, 5.41) is 20.1. The van der Waals surface area contributed by atoms with E-state index in [0.717, 1.165) is 0 Å². The van der Waals surface area contributed by atoms with Crippen LogP contribution in [0.25, 0.3) is 6.08 Å². The summed E-state index contributed by atoms with van der Waals surface area (Å²) < 4.78 is 28.0. The zero-order valence-electron chi connectivity index (χ0n) is 16.2. The van der Waals surface area contributed by atoms with E-state index in [1.165, 1.54) is 39.5 Å². The van der Waals surface area contributed by atoms with Crippen LogP contribution in [0.2, 0.25) is 0 Å². The summed E-state index contributed by atoms with van der Waals surface area (Å²) in [7, 11) is 4.51. The van der Waals surface area contributed by atoms with E-state index in [2.05, 4.69) is 0 Å². The van der Waals surface area contributed by atoms with Crippen LogP contribution in [0.4, 0.5) is 0 Å². The summed E-state index contributed by atoms with van der Waals surface area (Å²) in [5.74, 6) is 1.53. The maximum Gasteiger partial charge on any atom is 0.203 e. The summed E-state index contributed by atoms with van der Waals surface area (Å²) in [5.41, 5.74) is 1.18. The number of hydrogen-bond donors (Lipinski definition) is 2. The number of hydrogen-bond acceptors (Lipinski definition) is 8. The van der Waals surface area contributed by atoms with Crippen molar-refractivity contribution < 1.29 is 38.7 Å². The van der Waals surface area contributed by atoms with Crippen molar-refractivity contribution in [2.75, 3.05) is 27.9 Å². The number of rotatable bonds is 7. The fourth-order valence-corrected chi connectivity index (χ4v) is 3.17. The van der Waals surface area contributed by atoms with Crippen molar-refractivity contribution >= 4 is 12.4 Å². The number of phenolic OH excluding ortho intramolecular Hbond substituents is 1. The van der Waals surface area contributed by atoms with Crippen molar-refractivity contribution in [3.8, 4) is 34.5 Å². The van der Waals surface area contributed by atoms with Gasteiger partial charge in [0.05, 0.1) is 27.9 Å². The number of carbonyl (C=O) groups excluding carboxylic acids is 1. The fourth-order valence-electron chi connectivity index (χ4n) is 3.17. The highest BCUT2D eigenvalue weighted by molar-refractivity contribution is 5.75. The van der Waals surface area contributed by atoms with Gasteiger partial charge in [-0.25, -0.2) is 0 Å². The second-order valence-electron chi connectivity index (χ2n) is 6.20. The van der Waals surface area contributed by atoms with Gasteiger partial charge in [-0.3, -0.25) is 4.79 Å². The Morgan fingerprint density at radius 1 is 1.03 bits per heavy atom. The third-order valence-corrected chi connectivity index (χ3v) is 4.48. The maximum absolute atomic E-state index is 10.6. The summed E-state index contributed by atoms with van der Waals surface area (Å²) in [6.07, 6.45) is 1.97. The molecule has 0 saturated carbocycles. The maximum atomic E-state index is 10.6. The van der Waals surface area contributed by atoms with Gasteiger partial charge in [0.15, 0.2) is 35.2 Å². The number of carbonyl (C=O) groups is 1. The number of aldehydes is 1. The Morgan fingerprint density at radius 2 is 1.72 bits per heavy atom. The zero-order valence-corrected chi connectivity index (χ0v) is 16.2. The topological polar surface area (TPSA) is 104 Å². The van der Waals surface area contributed by atoms with Gasteiger partial charge in [-0.05, 0) is 35.9 Å². The van der Waals surface area contributed by atoms with Gasteiger partial charge < -0.3 is 33.9 Å². The number of aliphatic hydroxyl groups excluding tert-OH is 1. The minimum absolute atomic E-state index is 0.121. The van der Waals surface area contributed by atoms with Crippen LogP contribution in [0.1, 0.15) is 17.2 Å². The minimum Gasteiger partial charge on any atom is -0.504 e. The van der Waals surface area contributed by atoms with Gasteiger partial charge in [0.25, 0.3) is 0 Å². The van der Waals surface area contributed by atoms with Gasteiger partial charge in [0, 0.05) is 5.56 Å². The molecule has 0 radical (unpaired) electrons. The van der Waals surface area contributed by atoms with E-state index in [1.54, 1.807) is 18.2 Å². The molecule has 1 heterocycles. The smallest absolute Gasteiger partial charge is 0.203 e. The molecule has 3 rings (SSSR count). The van der Waals surface area contributed by atoms with Crippen LogP contribution >= 0.6 is 0 Å². The first kappa shape index (κ1) is 20.3. The third-order valence-electron chi connectivity index (χ3n) is 4.48. The molecule has 0 aromatic heterocycles. The molecule has 0 saturated heterocycles. The van der Waals surface area contributed by atoms with Crippen LogP contribution in [0, 0.1) is 0 Å². The van der Waals surface area contributed by atoms with Crippen molar-refractivity contribution in [3.63, 3.8) is 0 Å². The predicted octanol–water partition coefficient (Wildman–Crippen LogP) is 2.50. The quantitative estimate of drug-likeness (QED) is 0.538. The summed E-state index contributed by atoms with van der Waals surface area (Å²) in [6, 6.07) is 6.49. The number of fused-ring (bicyclic) bond motifs is 1. The van der Waals surface area contributed by atoms with E-state index in [9.17, 15) is 15.0 Å². The van der Waals surface area contributed by atoms with Gasteiger partial charge in [0.2, 0.25) is 11.5 Å². The molecule has 0 amide bonds. The SMILES string of the molecule is COc1cc([C@@H]2Oc3cc(/C=C/C=O)cc(O)c3O[C@H]2CO)cc(OC)c1OC. The molecule has 2 aromatic carbocycles. The van der Waals surface area contributed by atoms with Crippen LogP contribution in [0.3, 0.4) is 0 Å². The molecule has 0 aliphatic carbocycles. The Hall–Kier alpha value is -3.39. The van der Waals surface area contributed by atoms with Crippen molar-refractivity contribution in [1.29, 1.82) is 0 Å². The molecule has 2 N–H and O–H groups in total. The van der Waals surface area contributed by atoms with E-state index in [1.807, 2.05) is 0 Å². The molecule has 0 fully saturated rings. The average molecular weight is 402 g/mol. The van der Waals surface area contributed by atoms with Crippen LogP contribution in [0.15, 0.2) is 30.3 Å². The van der Waals surface area contributed by atoms with Crippen molar-refractivity contribution in [2.24, 2.45) is 0 Å². The average Bonchev–Trinajstić information content (AvgIpc) is 2.75. The van der Waals surface area contributed by atoms with Crippen molar-refractivity contribution in [1.82, 2.24) is 0 Å². The molecule has 154 valence electrons. The lowest BCUT2D eigenvalue weighted by atomic mass is 10.0. The molecule has 1 aliphatic rings. The monoisotopic (exact) mass is 402 g/mol. The van der Waals surface area contributed by atoms with Crippen LogP contribution < -0.4 is 23.7 Å². The van der Waals surface area contributed by atoms with Crippen LogP contribution in [-0.2, 0) is 4.79 Å². The number of ether oxygens (including phenoxy) is 5. The summed E-state index contributed by atoms with van der Waals surface area (Å²) in [4.78, 5) is 10.6. The highest BCUT2D eigenvalue weighted by Crippen LogP contribution is 2.48. The first-order valence-corrected chi connectivity index (χ1v) is 8.79. The highest BCUT2D eigenvalue weighted by atomic mass is 16.6. The van der Waals surface area contributed by atoms with Gasteiger partial charge in [-0.2, -0.15) is 0 Å². The molecule has 1 aliphatic heterocycles. The van der Waals surface area contributed by atoms with Gasteiger partial charge in [-0.15, -0.1) is 0 Å². The Bertz CT molecular complexity index is 896. The van der Waals surface area contributed by atoms with Gasteiger partial charge in [-0.1, -0.05) is 6.08 Å². The molecule has 2 atom stereocenters. The fraction of sp³-hybridized carbons (Fsp3) is 0.286. The van der Waals surface area contributed by atoms with Crippen molar-refractivity contribution in [3.05, 3.63) is 41.5 Å². The lowest BCUT2D eigenvalue weighted by Crippen LogP contribution is -2.36. The largest absolute Gasteiger partial charge is 0.504 e. The standard InChI is InChI=1S/C21H22O8/c1-25-15-9-13(10-16(26-2)21(15)27-3)19-18(11-23)29-20-14(24)7-12(5-4-6-22)8-17(20)28-19/h4-10,18-19,23-24H,11H2,1-3H3/b5-4+/t18-,19-/m0/s1. The number of aromatic hydroxyl groups is 1. The van der Waals surface area contributed by atoms with E-state index in [0.29, 0.717) is 34.7 Å². The van der Waals surface area contributed by atoms with Crippen molar-refractivity contribution in [2.45, 2.75) is 12.2 Å². The number of methoxy groups -OCH3 is 3. The lowest BCUT2D eigenvalue weighted by molar-refractivity contribution is -0.104. The first-order chi connectivity index (χ1) is 14.1. The van der Waals surface area contributed by atoms with E-state index >= 15 is 0 Å². The summed E-state index contributed by atoms with van der Waals surface area (Å²) in [6.45, 7) is -0.354. The second kappa shape index (κ2) is 8.74. The number of aliphatic hydroxyl groups is 1. The molecule has 0 spiro atoms. The summed E-state index contributed by atoms with van der Waals surface area (Å²) >= 11 is 0. The second-order valence-corrected chi connectivity index (χ2v) is 6.20.